The van der Waals surface area contributed by atoms with Crippen molar-refractivity contribution in [2.75, 3.05) is 12.8 Å². The van der Waals surface area contributed by atoms with Crippen molar-refractivity contribution in [2.45, 2.75) is 11.3 Å². The topological polar surface area (TPSA) is 92.6 Å². The lowest BCUT2D eigenvalue weighted by Crippen LogP contribution is -2.24. The Bertz CT molecular complexity index is 879. The van der Waals surface area contributed by atoms with Crippen LogP contribution in [0.5, 0.6) is 0 Å². The summed E-state index contributed by atoms with van der Waals surface area (Å²) in [5.74, 6) is -0.327. The highest BCUT2D eigenvalue weighted by atomic mass is 32.2. The van der Waals surface area contributed by atoms with Gasteiger partial charge in [-0.2, -0.15) is 5.10 Å². The van der Waals surface area contributed by atoms with E-state index in [0.717, 1.165) is 6.26 Å². The maximum Gasteiger partial charge on any atom is 0.294 e. The smallest absolute Gasteiger partial charge is 0.265 e. The van der Waals surface area contributed by atoms with Crippen LogP contribution < -0.4 is 0 Å². The molecule has 0 unspecified atom stereocenters. The molecule has 1 amide bonds. The van der Waals surface area contributed by atoms with E-state index in [4.69, 9.17) is 0 Å². The molecule has 0 saturated heterocycles. The maximum atomic E-state index is 12.3. The van der Waals surface area contributed by atoms with E-state index in [1.165, 1.54) is 29.7 Å². The fourth-order valence-electron chi connectivity index (χ4n) is 2.25. The van der Waals surface area contributed by atoms with Crippen LogP contribution in [0.2, 0.25) is 0 Å². The van der Waals surface area contributed by atoms with Gasteiger partial charge >= 0.3 is 0 Å². The molecule has 0 spiro atoms. The largest absolute Gasteiger partial charge is 0.294 e. The van der Waals surface area contributed by atoms with Gasteiger partial charge in [0.2, 0.25) is 0 Å². The van der Waals surface area contributed by atoms with Gasteiger partial charge in [-0.3, -0.25) is 9.78 Å². The third-order valence-corrected chi connectivity index (χ3v) is 4.52. The highest BCUT2D eigenvalue weighted by molar-refractivity contribution is 7.90. The fraction of sp³-hybridized carbons (Fsp3) is 0.200. The van der Waals surface area contributed by atoms with E-state index in [2.05, 4.69) is 15.1 Å². The first-order chi connectivity index (χ1) is 10.9. The molecule has 2 aromatic rings. The van der Waals surface area contributed by atoms with Crippen LogP contribution in [0.25, 0.3) is 0 Å². The number of amides is 1. The van der Waals surface area contributed by atoms with Crippen LogP contribution in [-0.4, -0.2) is 47.8 Å². The number of hydrazone groups is 1. The maximum absolute atomic E-state index is 12.3. The standard InChI is InChI=1S/C15H14N4O3S/c1-23(21,22)12-4-2-3-11(9-12)13-5-8-19(18-13)15(20)14-10-16-6-7-17-14/h2-4,6-7,9-10H,5,8H2,1H3. The van der Waals surface area contributed by atoms with Gasteiger partial charge in [-0.15, -0.1) is 0 Å². The highest BCUT2D eigenvalue weighted by Gasteiger charge is 2.24. The highest BCUT2D eigenvalue weighted by Crippen LogP contribution is 2.18. The summed E-state index contributed by atoms with van der Waals surface area (Å²) in [6.07, 6.45) is 6.04. The van der Waals surface area contributed by atoms with Gasteiger partial charge < -0.3 is 0 Å². The number of nitrogens with zero attached hydrogens (tertiary/aromatic N) is 4. The van der Waals surface area contributed by atoms with Gasteiger partial charge in [-0.25, -0.2) is 18.4 Å². The SMILES string of the molecule is CS(=O)(=O)c1cccc(C2=NN(C(=O)c3cnccn3)CC2)c1. The molecular weight excluding hydrogens is 316 g/mol. The molecule has 1 aromatic carbocycles. The van der Waals surface area contributed by atoms with E-state index < -0.39 is 9.84 Å². The van der Waals surface area contributed by atoms with Gasteiger partial charge in [0.15, 0.2) is 9.84 Å². The minimum atomic E-state index is -3.28. The first kappa shape index (κ1) is 15.3. The lowest BCUT2D eigenvalue weighted by atomic mass is 10.1. The number of rotatable bonds is 3. The van der Waals surface area contributed by atoms with Gasteiger partial charge in [0.1, 0.15) is 5.69 Å². The number of sulfone groups is 1. The Labute approximate surface area is 133 Å². The summed E-state index contributed by atoms with van der Waals surface area (Å²) in [6.45, 7) is 0.424. The number of hydrogen-bond acceptors (Lipinski definition) is 6. The average Bonchev–Trinajstić information content (AvgIpc) is 3.04. The summed E-state index contributed by atoms with van der Waals surface area (Å²) in [4.78, 5) is 20.3. The van der Waals surface area contributed by atoms with Crippen LogP contribution in [-0.2, 0) is 9.84 Å². The molecule has 8 heteroatoms. The minimum absolute atomic E-state index is 0.224. The molecule has 1 aliphatic heterocycles. The fourth-order valence-corrected chi connectivity index (χ4v) is 2.92. The Kier molecular flexibility index (Phi) is 3.91. The van der Waals surface area contributed by atoms with E-state index >= 15 is 0 Å². The van der Waals surface area contributed by atoms with E-state index in [1.807, 2.05) is 0 Å². The zero-order valence-electron chi connectivity index (χ0n) is 12.4. The van der Waals surface area contributed by atoms with Gasteiger partial charge in [0, 0.05) is 25.1 Å². The summed E-state index contributed by atoms with van der Waals surface area (Å²) >= 11 is 0. The van der Waals surface area contributed by atoms with Crippen molar-refractivity contribution in [1.82, 2.24) is 15.0 Å². The number of aromatic nitrogens is 2. The number of hydrogen-bond donors (Lipinski definition) is 0. The van der Waals surface area contributed by atoms with Crippen molar-refractivity contribution in [3.8, 4) is 0 Å². The molecule has 3 rings (SSSR count). The molecule has 0 bridgehead atoms. The number of benzene rings is 1. The van der Waals surface area contributed by atoms with Crippen LogP contribution in [0.15, 0.2) is 52.9 Å². The zero-order chi connectivity index (χ0) is 16.4. The minimum Gasteiger partial charge on any atom is -0.265 e. The van der Waals surface area contributed by atoms with Gasteiger partial charge in [0.05, 0.1) is 23.3 Å². The van der Waals surface area contributed by atoms with Crippen molar-refractivity contribution >= 4 is 21.5 Å². The van der Waals surface area contributed by atoms with Crippen LogP contribution >= 0.6 is 0 Å². The summed E-state index contributed by atoms with van der Waals surface area (Å²) in [5.41, 5.74) is 1.59. The monoisotopic (exact) mass is 330 g/mol. The second kappa shape index (κ2) is 5.88. The van der Waals surface area contributed by atoms with Gasteiger partial charge in [-0.05, 0) is 17.7 Å². The average molecular weight is 330 g/mol. The van der Waals surface area contributed by atoms with Crippen molar-refractivity contribution < 1.29 is 13.2 Å². The molecule has 0 radical (unpaired) electrons. The zero-order valence-corrected chi connectivity index (χ0v) is 13.2. The second-order valence-corrected chi connectivity index (χ2v) is 7.13. The predicted molar refractivity (Wildman–Crippen MR) is 83.8 cm³/mol. The normalized spacial score (nSPS) is 14.7. The third-order valence-electron chi connectivity index (χ3n) is 3.41. The Morgan fingerprint density at radius 2 is 2.09 bits per heavy atom. The Morgan fingerprint density at radius 3 is 2.78 bits per heavy atom. The first-order valence-electron chi connectivity index (χ1n) is 6.91. The van der Waals surface area contributed by atoms with E-state index in [9.17, 15) is 13.2 Å². The molecule has 0 saturated carbocycles. The van der Waals surface area contributed by atoms with Crippen LogP contribution in [0.3, 0.4) is 0 Å². The molecular formula is C15H14N4O3S. The molecule has 23 heavy (non-hydrogen) atoms. The van der Waals surface area contributed by atoms with E-state index in [0.29, 0.717) is 24.2 Å². The van der Waals surface area contributed by atoms with Crippen molar-refractivity contribution in [3.05, 3.63) is 54.1 Å². The molecule has 1 aliphatic rings. The predicted octanol–water partition coefficient (Wildman–Crippen LogP) is 1.13. The van der Waals surface area contributed by atoms with Gasteiger partial charge in [0.25, 0.3) is 5.91 Å². The Balaban J connectivity index is 1.87. The number of carbonyl (C=O) groups is 1. The summed E-state index contributed by atoms with van der Waals surface area (Å²) in [6, 6.07) is 6.56. The molecule has 0 fully saturated rings. The van der Waals surface area contributed by atoms with Crippen LogP contribution in [0, 0.1) is 0 Å². The summed E-state index contributed by atoms with van der Waals surface area (Å²) < 4.78 is 23.3. The molecule has 0 N–H and O–H groups in total. The lowest BCUT2D eigenvalue weighted by Gasteiger charge is -2.09. The quantitative estimate of drug-likeness (QED) is 0.841. The molecule has 1 aromatic heterocycles. The Morgan fingerprint density at radius 1 is 1.26 bits per heavy atom. The second-order valence-electron chi connectivity index (χ2n) is 5.12. The number of carbonyl (C=O) groups excluding carboxylic acids is 1. The van der Waals surface area contributed by atoms with Crippen LogP contribution in [0.1, 0.15) is 22.5 Å². The van der Waals surface area contributed by atoms with E-state index in [1.54, 1.807) is 18.2 Å². The molecule has 7 nitrogen and oxygen atoms in total. The summed E-state index contributed by atoms with van der Waals surface area (Å²) in [7, 11) is -3.28. The van der Waals surface area contributed by atoms with Crippen LogP contribution in [0.4, 0.5) is 0 Å². The van der Waals surface area contributed by atoms with Crippen molar-refractivity contribution in [1.29, 1.82) is 0 Å². The van der Waals surface area contributed by atoms with E-state index in [-0.39, 0.29) is 16.5 Å². The van der Waals surface area contributed by atoms with Crippen molar-refractivity contribution in [2.24, 2.45) is 5.10 Å². The third kappa shape index (κ3) is 3.26. The first-order valence-corrected chi connectivity index (χ1v) is 8.80. The Hall–Kier alpha value is -2.61. The molecule has 0 atom stereocenters. The van der Waals surface area contributed by atoms with Crippen molar-refractivity contribution in [3.63, 3.8) is 0 Å². The molecule has 2 heterocycles. The lowest BCUT2D eigenvalue weighted by molar-refractivity contribution is 0.0772. The van der Waals surface area contributed by atoms with Gasteiger partial charge in [-0.1, -0.05) is 12.1 Å². The molecule has 118 valence electrons. The molecule has 0 aliphatic carbocycles. The summed E-state index contributed by atoms with van der Waals surface area (Å²) in [5, 5.41) is 5.62.